The van der Waals surface area contributed by atoms with Crippen LogP contribution in [-0.2, 0) is 5.41 Å². The molecule has 0 spiro atoms. The normalized spacial score (nSPS) is 11.9. The van der Waals surface area contributed by atoms with Gasteiger partial charge < -0.3 is 0 Å². The molecule has 0 bridgehead atoms. The Morgan fingerprint density at radius 2 is 2.19 bits per heavy atom. The number of nitro groups is 1. The Balaban J connectivity index is 1.82. The molecule has 0 aliphatic heterocycles. The number of benzene rings is 1. The fourth-order valence-corrected chi connectivity index (χ4v) is 3.49. The molecule has 0 saturated heterocycles. The molecule has 0 atom stereocenters. The Morgan fingerprint density at radius 1 is 1.41 bits per heavy atom. The Kier molecular flexibility index (Phi) is 5.19. The molecule has 0 amide bonds. The van der Waals surface area contributed by atoms with Gasteiger partial charge in [0.25, 0.3) is 5.69 Å². The summed E-state index contributed by atoms with van der Waals surface area (Å²) in [4.78, 5) is 18.9. The standard InChI is InChI=1S/C16H16ClN7O2S/c1-16(2,3)13-14(23-9-18-8-20-23)27-15(21-13)22-19-7-10-4-5-11(24(25)26)6-12(10)17/h4-9H,1-3H3,(H,21,22)/b19-7+. The maximum atomic E-state index is 10.8. The summed E-state index contributed by atoms with van der Waals surface area (Å²) >= 11 is 7.45. The lowest BCUT2D eigenvalue weighted by Crippen LogP contribution is -2.15. The van der Waals surface area contributed by atoms with Gasteiger partial charge in [-0.1, -0.05) is 43.7 Å². The summed E-state index contributed by atoms with van der Waals surface area (Å²) in [6, 6.07) is 4.19. The molecular formula is C16H16ClN7O2S. The lowest BCUT2D eigenvalue weighted by Gasteiger charge is -2.16. The number of hydrogen-bond donors (Lipinski definition) is 1. The molecule has 27 heavy (non-hydrogen) atoms. The SMILES string of the molecule is CC(C)(C)c1nc(N/N=C/c2ccc([N+](=O)[O-])cc2Cl)sc1-n1cncn1. The molecule has 3 aromatic rings. The molecule has 11 heteroatoms. The van der Waals surface area contributed by atoms with Gasteiger partial charge in [0.05, 0.1) is 21.9 Å². The van der Waals surface area contributed by atoms with Crippen molar-refractivity contribution in [2.45, 2.75) is 26.2 Å². The first-order valence-electron chi connectivity index (χ1n) is 7.85. The van der Waals surface area contributed by atoms with Crippen LogP contribution in [0.2, 0.25) is 5.02 Å². The van der Waals surface area contributed by atoms with Crippen LogP contribution in [0.5, 0.6) is 0 Å². The van der Waals surface area contributed by atoms with Crippen LogP contribution in [0.3, 0.4) is 0 Å². The molecule has 0 saturated carbocycles. The van der Waals surface area contributed by atoms with Crippen LogP contribution in [0.4, 0.5) is 10.8 Å². The number of nitrogens with one attached hydrogen (secondary N) is 1. The summed E-state index contributed by atoms with van der Waals surface area (Å²) in [5.74, 6) is 0. The van der Waals surface area contributed by atoms with Crippen LogP contribution in [0, 0.1) is 10.1 Å². The molecule has 2 heterocycles. The lowest BCUT2D eigenvalue weighted by atomic mass is 9.92. The van der Waals surface area contributed by atoms with E-state index in [1.54, 1.807) is 11.0 Å². The molecule has 1 aromatic carbocycles. The molecule has 0 radical (unpaired) electrons. The molecule has 9 nitrogen and oxygen atoms in total. The van der Waals surface area contributed by atoms with E-state index in [0.29, 0.717) is 10.7 Å². The summed E-state index contributed by atoms with van der Waals surface area (Å²) in [7, 11) is 0. The van der Waals surface area contributed by atoms with E-state index in [9.17, 15) is 10.1 Å². The average Bonchev–Trinajstić information content (AvgIpc) is 3.24. The molecule has 3 rings (SSSR count). The van der Waals surface area contributed by atoms with Gasteiger partial charge in [0.15, 0.2) is 0 Å². The number of halogens is 1. The zero-order valence-corrected chi connectivity index (χ0v) is 16.3. The van der Waals surface area contributed by atoms with Crippen LogP contribution in [-0.4, -0.2) is 30.9 Å². The van der Waals surface area contributed by atoms with E-state index in [-0.39, 0.29) is 16.1 Å². The Hall–Kier alpha value is -2.85. The van der Waals surface area contributed by atoms with Gasteiger partial charge in [0.1, 0.15) is 17.7 Å². The zero-order chi connectivity index (χ0) is 19.6. The first kappa shape index (κ1) is 18.9. The number of nitrogens with zero attached hydrogens (tertiary/aromatic N) is 6. The maximum absolute atomic E-state index is 10.8. The van der Waals surface area contributed by atoms with Crippen molar-refractivity contribution in [2.24, 2.45) is 5.10 Å². The smallest absolute Gasteiger partial charge is 0.258 e. The number of nitro benzene ring substituents is 1. The molecule has 0 aliphatic carbocycles. The highest BCUT2D eigenvalue weighted by Gasteiger charge is 2.25. The zero-order valence-electron chi connectivity index (χ0n) is 14.8. The highest BCUT2D eigenvalue weighted by molar-refractivity contribution is 7.18. The summed E-state index contributed by atoms with van der Waals surface area (Å²) in [6.45, 7) is 6.19. The molecule has 1 N–H and O–H groups in total. The van der Waals surface area contributed by atoms with E-state index in [2.05, 4.69) is 46.4 Å². The van der Waals surface area contributed by atoms with Crippen LogP contribution >= 0.6 is 22.9 Å². The molecular weight excluding hydrogens is 390 g/mol. The molecule has 140 valence electrons. The summed E-state index contributed by atoms with van der Waals surface area (Å²) in [6.07, 6.45) is 4.57. The van der Waals surface area contributed by atoms with Crippen LogP contribution < -0.4 is 5.43 Å². The van der Waals surface area contributed by atoms with Crippen molar-refractivity contribution < 1.29 is 4.92 Å². The van der Waals surface area contributed by atoms with Crippen molar-refractivity contribution in [3.63, 3.8) is 0 Å². The largest absolute Gasteiger partial charge is 0.270 e. The number of rotatable bonds is 5. The number of aromatic nitrogens is 4. The van der Waals surface area contributed by atoms with Crippen molar-refractivity contribution in [1.29, 1.82) is 0 Å². The van der Waals surface area contributed by atoms with Crippen molar-refractivity contribution in [3.8, 4) is 5.00 Å². The van der Waals surface area contributed by atoms with Gasteiger partial charge in [-0.15, -0.1) is 0 Å². The molecule has 0 fully saturated rings. The minimum atomic E-state index is -0.500. The second-order valence-electron chi connectivity index (χ2n) is 6.60. The molecule has 0 unspecified atom stereocenters. The van der Waals surface area contributed by atoms with E-state index in [1.807, 2.05) is 0 Å². The van der Waals surface area contributed by atoms with E-state index >= 15 is 0 Å². The van der Waals surface area contributed by atoms with Gasteiger partial charge in [0, 0.05) is 23.1 Å². The number of hydrazone groups is 1. The first-order chi connectivity index (χ1) is 12.8. The third-order valence-corrected chi connectivity index (χ3v) is 4.78. The van der Waals surface area contributed by atoms with Crippen molar-refractivity contribution >= 4 is 40.0 Å². The molecule has 2 aromatic heterocycles. The van der Waals surface area contributed by atoms with Crippen molar-refractivity contribution in [2.75, 3.05) is 5.43 Å². The van der Waals surface area contributed by atoms with E-state index < -0.39 is 4.92 Å². The third kappa shape index (κ3) is 4.29. The predicted octanol–water partition coefficient (Wildman–Crippen LogP) is 4.03. The van der Waals surface area contributed by atoms with E-state index in [1.165, 1.54) is 42.1 Å². The minimum Gasteiger partial charge on any atom is -0.258 e. The topological polar surface area (TPSA) is 111 Å². The van der Waals surface area contributed by atoms with Gasteiger partial charge in [-0.05, 0) is 6.07 Å². The number of hydrogen-bond acceptors (Lipinski definition) is 8. The summed E-state index contributed by atoms with van der Waals surface area (Å²) < 4.78 is 1.67. The van der Waals surface area contributed by atoms with E-state index in [0.717, 1.165) is 10.7 Å². The van der Waals surface area contributed by atoms with Gasteiger partial charge in [-0.3, -0.25) is 15.5 Å². The molecule has 0 aliphatic rings. The van der Waals surface area contributed by atoms with Gasteiger partial charge in [-0.2, -0.15) is 10.2 Å². The van der Waals surface area contributed by atoms with Crippen molar-refractivity contribution in [3.05, 3.63) is 57.2 Å². The Bertz CT molecular complexity index is 993. The van der Waals surface area contributed by atoms with Crippen LogP contribution in [0.1, 0.15) is 32.0 Å². The van der Waals surface area contributed by atoms with Crippen LogP contribution in [0.15, 0.2) is 36.0 Å². The van der Waals surface area contributed by atoms with Crippen LogP contribution in [0.25, 0.3) is 5.00 Å². The maximum Gasteiger partial charge on any atom is 0.270 e. The van der Waals surface area contributed by atoms with Gasteiger partial charge >= 0.3 is 0 Å². The fourth-order valence-electron chi connectivity index (χ4n) is 2.21. The van der Waals surface area contributed by atoms with Gasteiger partial charge in [-0.25, -0.2) is 14.6 Å². The monoisotopic (exact) mass is 405 g/mol. The number of thiazole rings is 1. The lowest BCUT2D eigenvalue weighted by molar-refractivity contribution is -0.384. The summed E-state index contributed by atoms with van der Waals surface area (Å²) in [5.41, 5.74) is 4.03. The second kappa shape index (κ2) is 7.41. The number of non-ortho nitro benzene ring substituents is 1. The predicted molar refractivity (Wildman–Crippen MR) is 105 cm³/mol. The number of anilines is 1. The fraction of sp³-hybridized carbons (Fsp3) is 0.250. The van der Waals surface area contributed by atoms with Crippen molar-refractivity contribution in [1.82, 2.24) is 19.7 Å². The quantitative estimate of drug-likeness (QED) is 0.389. The minimum absolute atomic E-state index is 0.0719. The second-order valence-corrected chi connectivity index (χ2v) is 7.98. The highest BCUT2D eigenvalue weighted by Crippen LogP contribution is 2.34. The van der Waals surface area contributed by atoms with E-state index in [4.69, 9.17) is 11.6 Å². The average molecular weight is 406 g/mol. The Morgan fingerprint density at radius 3 is 2.78 bits per heavy atom. The highest BCUT2D eigenvalue weighted by atomic mass is 35.5. The third-order valence-electron chi connectivity index (χ3n) is 3.51. The van der Waals surface area contributed by atoms with Gasteiger partial charge in [0.2, 0.25) is 5.13 Å². The first-order valence-corrected chi connectivity index (χ1v) is 9.04. The Labute approximate surface area is 163 Å². The summed E-state index contributed by atoms with van der Waals surface area (Å²) in [5, 5.41) is 20.7.